The number of likely N-dealkylation sites (N-methyl/N-ethyl adjacent to an activating group) is 1. The third kappa shape index (κ3) is 6.31. The van der Waals surface area contributed by atoms with E-state index in [0.29, 0.717) is 10.6 Å². The van der Waals surface area contributed by atoms with Crippen LogP contribution in [0.4, 0.5) is 18.9 Å². The van der Waals surface area contributed by atoms with Crippen LogP contribution in [0, 0.1) is 0 Å². The molecule has 2 aliphatic rings. The molecule has 4 rings (SSSR count). The Morgan fingerprint density at radius 3 is 2.18 bits per heavy atom. The van der Waals surface area contributed by atoms with Crippen molar-refractivity contribution in [3.63, 3.8) is 0 Å². The zero-order chi connectivity index (χ0) is 23.4. The summed E-state index contributed by atoms with van der Waals surface area (Å²) in [5, 5.41) is 0.712. The average Bonchev–Trinajstić information content (AvgIpc) is 3.00. The monoisotopic (exact) mass is 476 g/mol. The highest BCUT2D eigenvalue weighted by Gasteiger charge is 2.34. The van der Waals surface area contributed by atoms with Crippen LogP contribution in [0.2, 0.25) is 5.02 Å². The van der Waals surface area contributed by atoms with Gasteiger partial charge < -0.3 is 9.80 Å². The van der Waals surface area contributed by atoms with Gasteiger partial charge in [-0.3, -0.25) is 9.80 Å². The minimum atomic E-state index is -4.38. The number of rotatable bonds is 5. The first-order valence-corrected chi connectivity index (χ1v) is 11.4. The highest BCUT2D eigenvalue weighted by molar-refractivity contribution is 6.30. The highest BCUT2D eigenvalue weighted by atomic mass is 35.5. The van der Waals surface area contributed by atoms with Gasteiger partial charge >= 0.3 is 6.18 Å². The lowest BCUT2D eigenvalue weighted by atomic mass is 10.0. The summed E-state index contributed by atoms with van der Waals surface area (Å²) in [6.45, 7) is 4.92. The zero-order valence-electron chi connectivity index (χ0n) is 18.6. The molecule has 0 atom stereocenters. The van der Waals surface area contributed by atoms with Crippen molar-refractivity contribution in [2.45, 2.75) is 19.3 Å². The molecule has 4 nitrogen and oxygen atoms in total. The number of benzene rings is 2. The number of hydrogen-bond donors (Lipinski definition) is 0. The predicted molar refractivity (Wildman–Crippen MR) is 127 cm³/mol. The van der Waals surface area contributed by atoms with Gasteiger partial charge in [-0.2, -0.15) is 13.2 Å². The summed E-state index contributed by atoms with van der Waals surface area (Å²) < 4.78 is 41.2. The highest BCUT2D eigenvalue weighted by Crippen LogP contribution is 2.35. The SMILES string of the molecule is CN1C=CN(c2ccc(C(F)(F)F)c(CN3CCN(Cc4ccc(Cl)cc4)CC3)c2)C=CC1. The van der Waals surface area contributed by atoms with Crippen LogP contribution < -0.4 is 4.90 Å². The van der Waals surface area contributed by atoms with Crippen molar-refractivity contribution >= 4 is 17.3 Å². The van der Waals surface area contributed by atoms with Crippen LogP contribution in [0.3, 0.4) is 0 Å². The molecule has 0 spiro atoms. The Balaban J connectivity index is 1.45. The molecule has 2 aliphatic heterocycles. The number of halogens is 4. The molecule has 0 bridgehead atoms. The first-order chi connectivity index (χ1) is 15.8. The lowest BCUT2D eigenvalue weighted by molar-refractivity contribution is -0.138. The van der Waals surface area contributed by atoms with Crippen molar-refractivity contribution in [2.24, 2.45) is 0 Å². The van der Waals surface area contributed by atoms with Crippen LogP contribution >= 0.6 is 11.6 Å². The largest absolute Gasteiger partial charge is 0.416 e. The van der Waals surface area contributed by atoms with E-state index in [4.69, 9.17) is 11.6 Å². The Bertz CT molecular complexity index is 996. The van der Waals surface area contributed by atoms with E-state index < -0.39 is 11.7 Å². The second-order valence-electron chi connectivity index (χ2n) is 8.55. The van der Waals surface area contributed by atoms with Crippen LogP contribution in [-0.4, -0.2) is 54.5 Å². The third-order valence-electron chi connectivity index (χ3n) is 6.01. The standard InChI is InChI=1S/C25H28ClF3N4/c1-30-9-2-10-33(16-11-30)23-7-8-24(25(27,28)29)21(17-23)19-32-14-12-31(13-15-32)18-20-3-5-22(26)6-4-20/h2-8,10-11,16-17H,9,12-15,18-19H2,1H3. The molecule has 2 aromatic carbocycles. The molecule has 0 aliphatic carbocycles. The maximum absolute atomic E-state index is 13.7. The smallest absolute Gasteiger partial charge is 0.375 e. The molecule has 0 aromatic heterocycles. The Kier molecular flexibility index (Phi) is 7.32. The summed E-state index contributed by atoms with van der Waals surface area (Å²) >= 11 is 5.96. The molecule has 1 fully saturated rings. The van der Waals surface area contributed by atoms with E-state index in [1.807, 2.05) is 65.8 Å². The lowest BCUT2D eigenvalue weighted by Gasteiger charge is -2.35. The first-order valence-electron chi connectivity index (χ1n) is 11.0. The quantitative estimate of drug-likeness (QED) is 0.571. The van der Waals surface area contributed by atoms with Crippen LogP contribution in [0.5, 0.6) is 0 Å². The summed E-state index contributed by atoms with van der Waals surface area (Å²) in [5.74, 6) is 0. The molecular weight excluding hydrogens is 449 g/mol. The Morgan fingerprint density at radius 1 is 0.848 bits per heavy atom. The van der Waals surface area contributed by atoms with Gasteiger partial charge in [-0.25, -0.2) is 0 Å². The molecule has 2 heterocycles. The average molecular weight is 477 g/mol. The van der Waals surface area contributed by atoms with Gasteiger partial charge in [0.1, 0.15) is 0 Å². The van der Waals surface area contributed by atoms with Gasteiger partial charge in [-0.1, -0.05) is 23.7 Å². The Hall–Kier alpha value is -2.48. The van der Waals surface area contributed by atoms with Crippen molar-refractivity contribution in [3.8, 4) is 0 Å². The zero-order valence-corrected chi connectivity index (χ0v) is 19.4. The van der Waals surface area contributed by atoms with Gasteiger partial charge in [-0.15, -0.1) is 0 Å². The summed E-state index contributed by atoms with van der Waals surface area (Å²) in [5.41, 5.74) is 1.66. The first kappa shape index (κ1) is 23.7. The van der Waals surface area contributed by atoms with Gasteiger partial charge in [0, 0.05) is 82.2 Å². The van der Waals surface area contributed by atoms with Gasteiger partial charge in [0.25, 0.3) is 0 Å². The number of alkyl halides is 3. The van der Waals surface area contributed by atoms with E-state index in [-0.39, 0.29) is 6.54 Å². The Labute approximate surface area is 198 Å². The molecule has 0 amide bonds. The van der Waals surface area contributed by atoms with Crippen molar-refractivity contribution < 1.29 is 13.2 Å². The van der Waals surface area contributed by atoms with Crippen molar-refractivity contribution in [3.05, 3.63) is 88.9 Å². The number of anilines is 1. The summed E-state index contributed by atoms with van der Waals surface area (Å²) in [6, 6.07) is 12.2. The normalized spacial score (nSPS) is 18.1. The molecule has 0 radical (unpaired) electrons. The van der Waals surface area contributed by atoms with E-state index in [9.17, 15) is 13.2 Å². The maximum atomic E-state index is 13.7. The third-order valence-corrected chi connectivity index (χ3v) is 6.26. The minimum absolute atomic E-state index is 0.276. The number of nitrogens with zero attached hydrogens (tertiary/aromatic N) is 4. The molecular formula is C25H28ClF3N4. The van der Waals surface area contributed by atoms with Crippen molar-refractivity contribution in [1.82, 2.24) is 14.7 Å². The molecule has 0 saturated carbocycles. The molecule has 0 unspecified atom stereocenters. The molecule has 1 saturated heterocycles. The second kappa shape index (κ2) is 10.2. The van der Waals surface area contributed by atoms with Crippen LogP contribution in [0.15, 0.2) is 67.1 Å². The molecule has 2 aromatic rings. The van der Waals surface area contributed by atoms with Crippen LogP contribution in [0.1, 0.15) is 16.7 Å². The van der Waals surface area contributed by atoms with Gasteiger partial charge in [0.05, 0.1) is 5.56 Å². The van der Waals surface area contributed by atoms with Crippen LogP contribution in [0.25, 0.3) is 0 Å². The fourth-order valence-corrected chi connectivity index (χ4v) is 4.26. The lowest BCUT2D eigenvalue weighted by Crippen LogP contribution is -2.45. The second-order valence-corrected chi connectivity index (χ2v) is 8.98. The van der Waals surface area contributed by atoms with Crippen molar-refractivity contribution in [2.75, 3.05) is 44.7 Å². The molecule has 33 heavy (non-hydrogen) atoms. The fraction of sp³-hybridized carbons (Fsp3) is 0.360. The van der Waals surface area contributed by atoms with Gasteiger partial charge in [0.15, 0.2) is 0 Å². The molecule has 0 N–H and O–H groups in total. The minimum Gasteiger partial charge on any atom is -0.375 e. The van der Waals surface area contributed by atoms with Crippen LogP contribution in [-0.2, 0) is 19.3 Å². The van der Waals surface area contributed by atoms with E-state index in [1.54, 1.807) is 6.07 Å². The number of piperazine rings is 1. The van der Waals surface area contributed by atoms with E-state index >= 15 is 0 Å². The summed E-state index contributed by atoms with van der Waals surface area (Å²) in [4.78, 5) is 8.29. The maximum Gasteiger partial charge on any atom is 0.416 e. The number of hydrogen-bond acceptors (Lipinski definition) is 4. The summed E-state index contributed by atoms with van der Waals surface area (Å²) in [6.07, 6.45) is 3.27. The molecule has 8 heteroatoms. The fourth-order valence-electron chi connectivity index (χ4n) is 4.14. The van der Waals surface area contributed by atoms with Gasteiger partial charge in [0.2, 0.25) is 0 Å². The van der Waals surface area contributed by atoms with E-state index in [0.717, 1.165) is 45.0 Å². The van der Waals surface area contributed by atoms with E-state index in [1.165, 1.54) is 17.7 Å². The summed E-state index contributed by atoms with van der Waals surface area (Å²) in [7, 11) is 1.95. The topological polar surface area (TPSA) is 13.0 Å². The Morgan fingerprint density at radius 2 is 1.52 bits per heavy atom. The predicted octanol–water partition coefficient (Wildman–Crippen LogP) is 5.41. The van der Waals surface area contributed by atoms with E-state index in [2.05, 4.69) is 9.80 Å². The molecule has 176 valence electrons. The van der Waals surface area contributed by atoms with Crippen molar-refractivity contribution in [1.29, 1.82) is 0 Å². The van der Waals surface area contributed by atoms with Gasteiger partial charge in [-0.05, 0) is 47.5 Å².